The molecule has 5 rings (SSSR count). The van der Waals surface area contributed by atoms with Crippen molar-refractivity contribution >= 4 is 22.6 Å². The van der Waals surface area contributed by atoms with E-state index in [1.807, 2.05) is 36.4 Å². The third-order valence-electron chi connectivity index (χ3n) is 5.15. The highest BCUT2D eigenvalue weighted by molar-refractivity contribution is 6.05. The maximum atomic E-state index is 12.8. The number of aromatic amines is 1. The molecule has 8 nitrogen and oxygen atoms in total. The van der Waals surface area contributed by atoms with Gasteiger partial charge in [0.1, 0.15) is 30.5 Å². The van der Waals surface area contributed by atoms with Crippen LogP contribution in [-0.4, -0.2) is 43.3 Å². The van der Waals surface area contributed by atoms with Crippen LogP contribution >= 0.6 is 0 Å². The van der Waals surface area contributed by atoms with Crippen LogP contribution in [0.25, 0.3) is 22.4 Å². The molecule has 3 aromatic carbocycles. The van der Waals surface area contributed by atoms with Crippen molar-refractivity contribution < 1.29 is 23.7 Å². The van der Waals surface area contributed by atoms with Crippen molar-refractivity contribution in [2.45, 2.75) is 0 Å². The lowest BCUT2D eigenvalue weighted by atomic mass is 10.1. The number of benzene rings is 3. The smallest absolute Gasteiger partial charge is 0.255 e. The standard InChI is InChI=1S/C24H21N3O5/c1-29-17-9-15(10-18(11-17)30-2)24(28)25-16-5-3-4-14(8-16)23-26-19-12-21-22(13-20(19)27-23)32-7-6-31-21/h3-5,8-13H,6-7H2,1-2H3,(H,25,28)(H,26,27). The topological polar surface area (TPSA) is 94.7 Å². The van der Waals surface area contributed by atoms with Crippen LogP contribution in [0, 0.1) is 0 Å². The minimum Gasteiger partial charge on any atom is -0.497 e. The Kier molecular flexibility index (Phi) is 5.03. The van der Waals surface area contributed by atoms with Gasteiger partial charge in [0, 0.05) is 35.0 Å². The van der Waals surface area contributed by atoms with Gasteiger partial charge in [-0.25, -0.2) is 4.98 Å². The molecule has 0 fully saturated rings. The highest BCUT2D eigenvalue weighted by atomic mass is 16.6. The fourth-order valence-corrected chi connectivity index (χ4v) is 3.57. The second kappa shape index (κ2) is 8.14. The summed E-state index contributed by atoms with van der Waals surface area (Å²) in [5.41, 5.74) is 3.54. The number of carbonyl (C=O) groups is 1. The molecule has 8 heteroatoms. The van der Waals surface area contributed by atoms with Crippen LogP contribution in [0.5, 0.6) is 23.0 Å². The Morgan fingerprint density at radius 3 is 2.41 bits per heavy atom. The Morgan fingerprint density at radius 2 is 1.69 bits per heavy atom. The predicted octanol–water partition coefficient (Wildman–Crippen LogP) is 4.27. The molecular weight excluding hydrogens is 410 g/mol. The Morgan fingerprint density at radius 1 is 0.969 bits per heavy atom. The molecule has 0 radical (unpaired) electrons. The molecule has 162 valence electrons. The lowest BCUT2D eigenvalue weighted by Gasteiger charge is -2.17. The van der Waals surface area contributed by atoms with Crippen molar-refractivity contribution in [1.29, 1.82) is 0 Å². The molecule has 0 bridgehead atoms. The number of methoxy groups -OCH3 is 2. The Labute approximate surface area is 184 Å². The van der Waals surface area contributed by atoms with Crippen LogP contribution in [0.1, 0.15) is 10.4 Å². The number of hydrogen-bond acceptors (Lipinski definition) is 6. The molecule has 2 heterocycles. The van der Waals surface area contributed by atoms with Gasteiger partial charge in [-0.2, -0.15) is 0 Å². The zero-order chi connectivity index (χ0) is 22.1. The van der Waals surface area contributed by atoms with E-state index in [1.165, 1.54) is 0 Å². The largest absolute Gasteiger partial charge is 0.497 e. The Bertz CT molecular complexity index is 1250. The fourth-order valence-electron chi connectivity index (χ4n) is 3.57. The number of imidazole rings is 1. The van der Waals surface area contributed by atoms with Crippen molar-refractivity contribution in [2.24, 2.45) is 0 Å². The van der Waals surface area contributed by atoms with E-state index in [1.54, 1.807) is 32.4 Å². The summed E-state index contributed by atoms with van der Waals surface area (Å²) >= 11 is 0. The first-order valence-corrected chi connectivity index (χ1v) is 10.1. The highest BCUT2D eigenvalue weighted by Gasteiger charge is 2.16. The molecule has 32 heavy (non-hydrogen) atoms. The molecule has 1 aromatic heterocycles. The average Bonchev–Trinajstić information content (AvgIpc) is 3.25. The van der Waals surface area contributed by atoms with Gasteiger partial charge in [-0.15, -0.1) is 0 Å². The summed E-state index contributed by atoms with van der Waals surface area (Å²) in [4.78, 5) is 20.8. The van der Waals surface area contributed by atoms with E-state index in [-0.39, 0.29) is 5.91 Å². The lowest BCUT2D eigenvalue weighted by molar-refractivity contribution is 0.102. The SMILES string of the molecule is COc1cc(OC)cc(C(=O)Nc2cccc(-c3nc4cc5c(cc4[nH]3)OCCO5)c2)c1. The third kappa shape index (κ3) is 3.78. The fraction of sp³-hybridized carbons (Fsp3) is 0.167. The van der Waals surface area contributed by atoms with Gasteiger partial charge in [-0.1, -0.05) is 12.1 Å². The first-order chi connectivity index (χ1) is 15.6. The van der Waals surface area contributed by atoms with Gasteiger partial charge in [0.05, 0.1) is 25.3 Å². The molecule has 4 aromatic rings. The minimum atomic E-state index is -0.272. The normalized spacial score (nSPS) is 12.4. The summed E-state index contributed by atoms with van der Waals surface area (Å²) in [6.45, 7) is 1.05. The van der Waals surface area contributed by atoms with E-state index >= 15 is 0 Å². The average molecular weight is 431 g/mol. The van der Waals surface area contributed by atoms with E-state index in [2.05, 4.69) is 15.3 Å². The van der Waals surface area contributed by atoms with Gasteiger partial charge in [-0.05, 0) is 24.3 Å². The highest BCUT2D eigenvalue weighted by Crippen LogP contribution is 2.35. The van der Waals surface area contributed by atoms with Crippen LogP contribution < -0.4 is 24.3 Å². The van der Waals surface area contributed by atoms with Gasteiger partial charge < -0.3 is 29.2 Å². The molecule has 1 aliphatic heterocycles. The van der Waals surface area contributed by atoms with Gasteiger partial charge in [0.25, 0.3) is 5.91 Å². The number of H-pyrrole nitrogens is 1. The monoisotopic (exact) mass is 431 g/mol. The summed E-state index contributed by atoms with van der Waals surface area (Å²) in [5.74, 6) is 2.89. The molecule has 0 saturated carbocycles. The van der Waals surface area contributed by atoms with Crippen LogP contribution in [0.15, 0.2) is 54.6 Å². The Balaban J connectivity index is 1.42. The molecular formula is C24H21N3O5. The van der Waals surface area contributed by atoms with E-state index in [0.29, 0.717) is 53.3 Å². The summed E-state index contributed by atoms with van der Waals surface area (Å²) in [6, 6.07) is 16.3. The summed E-state index contributed by atoms with van der Waals surface area (Å²) in [5, 5.41) is 2.92. The zero-order valence-electron chi connectivity index (χ0n) is 17.6. The van der Waals surface area contributed by atoms with E-state index in [9.17, 15) is 4.79 Å². The van der Waals surface area contributed by atoms with E-state index in [4.69, 9.17) is 18.9 Å². The molecule has 1 aliphatic rings. The number of hydrogen-bond donors (Lipinski definition) is 2. The quantitative estimate of drug-likeness (QED) is 0.490. The predicted molar refractivity (Wildman–Crippen MR) is 120 cm³/mol. The van der Waals surface area contributed by atoms with Crippen molar-refractivity contribution in [3.05, 3.63) is 60.2 Å². The van der Waals surface area contributed by atoms with Crippen molar-refractivity contribution in [3.63, 3.8) is 0 Å². The molecule has 2 N–H and O–H groups in total. The summed E-state index contributed by atoms with van der Waals surface area (Å²) in [6.07, 6.45) is 0. The number of amides is 1. The molecule has 0 unspecified atom stereocenters. The van der Waals surface area contributed by atoms with Crippen molar-refractivity contribution in [1.82, 2.24) is 9.97 Å². The van der Waals surface area contributed by atoms with Gasteiger partial charge in [0.15, 0.2) is 11.5 Å². The number of rotatable bonds is 5. The number of ether oxygens (including phenoxy) is 4. The first-order valence-electron chi connectivity index (χ1n) is 10.1. The first kappa shape index (κ1) is 19.7. The second-order valence-electron chi connectivity index (χ2n) is 7.23. The Hall–Kier alpha value is -4.20. The number of aromatic nitrogens is 2. The molecule has 0 atom stereocenters. The van der Waals surface area contributed by atoms with Gasteiger partial charge >= 0.3 is 0 Å². The molecule has 0 spiro atoms. The van der Waals surface area contributed by atoms with Crippen LogP contribution in [0.3, 0.4) is 0 Å². The van der Waals surface area contributed by atoms with Crippen LogP contribution in [-0.2, 0) is 0 Å². The maximum Gasteiger partial charge on any atom is 0.255 e. The van der Waals surface area contributed by atoms with Gasteiger partial charge in [0.2, 0.25) is 0 Å². The zero-order valence-corrected chi connectivity index (χ0v) is 17.6. The molecule has 0 saturated heterocycles. The number of nitrogens with one attached hydrogen (secondary N) is 2. The maximum absolute atomic E-state index is 12.8. The third-order valence-corrected chi connectivity index (χ3v) is 5.15. The van der Waals surface area contributed by atoms with E-state index in [0.717, 1.165) is 16.6 Å². The van der Waals surface area contributed by atoms with Crippen LogP contribution in [0.2, 0.25) is 0 Å². The number of anilines is 1. The summed E-state index contributed by atoms with van der Waals surface area (Å²) in [7, 11) is 3.09. The summed E-state index contributed by atoms with van der Waals surface area (Å²) < 4.78 is 21.8. The number of carbonyl (C=O) groups excluding carboxylic acids is 1. The number of fused-ring (bicyclic) bond motifs is 2. The van der Waals surface area contributed by atoms with Crippen molar-refractivity contribution in [2.75, 3.05) is 32.8 Å². The molecule has 0 aliphatic carbocycles. The minimum absolute atomic E-state index is 0.272. The number of nitrogens with zero attached hydrogens (tertiary/aromatic N) is 1. The second-order valence-corrected chi connectivity index (χ2v) is 7.23. The van der Waals surface area contributed by atoms with E-state index < -0.39 is 0 Å². The van der Waals surface area contributed by atoms with Gasteiger partial charge in [-0.3, -0.25) is 4.79 Å². The van der Waals surface area contributed by atoms with Crippen molar-refractivity contribution in [3.8, 4) is 34.4 Å². The van der Waals surface area contributed by atoms with Crippen LogP contribution in [0.4, 0.5) is 5.69 Å². The molecule has 1 amide bonds. The lowest BCUT2D eigenvalue weighted by Crippen LogP contribution is -2.15.